The van der Waals surface area contributed by atoms with Gasteiger partial charge in [-0.15, -0.1) is 11.8 Å². The van der Waals surface area contributed by atoms with Gasteiger partial charge >= 0.3 is 0 Å². The molecule has 0 aliphatic heterocycles. The Morgan fingerprint density at radius 1 is 1.47 bits per heavy atom. The number of benzene rings is 1. The second-order valence-electron chi connectivity index (χ2n) is 3.68. The lowest BCUT2D eigenvalue weighted by atomic mass is 10.3. The van der Waals surface area contributed by atoms with Gasteiger partial charge in [0.05, 0.1) is 6.20 Å². The third-order valence-corrected chi connectivity index (χ3v) is 3.77. The molecule has 2 aromatic rings. The molecular formula is C12H14ClN3S. The summed E-state index contributed by atoms with van der Waals surface area (Å²) in [5.41, 5.74) is 7.82. The molecule has 5 heteroatoms. The molecule has 0 atom stereocenters. The third-order valence-electron chi connectivity index (χ3n) is 2.38. The van der Waals surface area contributed by atoms with Crippen molar-refractivity contribution < 1.29 is 0 Å². The highest BCUT2D eigenvalue weighted by Gasteiger charge is 2.03. The van der Waals surface area contributed by atoms with E-state index in [1.807, 2.05) is 23.0 Å². The predicted octanol–water partition coefficient (Wildman–Crippen LogP) is 3.43. The molecule has 0 saturated heterocycles. The summed E-state index contributed by atoms with van der Waals surface area (Å²) in [6, 6.07) is 5.58. The van der Waals surface area contributed by atoms with Gasteiger partial charge < -0.3 is 5.73 Å². The number of nitrogens with zero attached hydrogens (tertiary/aromatic N) is 2. The number of hydrogen-bond donors (Lipinski definition) is 1. The fourth-order valence-electron chi connectivity index (χ4n) is 1.47. The Hall–Kier alpha value is -1.13. The zero-order valence-corrected chi connectivity index (χ0v) is 11.1. The topological polar surface area (TPSA) is 43.8 Å². The zero-order chi connectivity index (χ0) is 12.3. The minimum atomic E-state index is 0.672. The van der Waals surface area contributed by atoms with E-state index in [0.717, 1.165) is 22.9 Å². The number of hydrogen-bond acceptors (Lipinski definition) is 3. The van der Waals surface area contributed by atoms with Gasteiger partial charge in [-0.05, 0) is 25.1 Å². The Labute approximate surface area is 110 Å². The number of thioether (sulfide) groups is 1. The van der Waals surface area contributed by atoms with Crippen LogP contribution in [0.1, 0.15) is 12.5 Å². The second kappa shape index (κ2) is 5.47. The Balaban J connectivity index is 2.02. The van der Waals surface area contributed by atoms with E-state index in [2.05, 4.69) is 18.2 Å². The van der Waals surface area contributed by atoms with Crippen molar-refractivity contribution in [3.8, 4) is 0 Å². The molecule has 3 nitrogen and oxygen atoms in total. The molecule has 1 aromatic heterocycles. The van der Waals surface area contributed by atoms with E-state index in [1.54, 1.807) is 17.8 Å². The van der Waals surface area contributed by atoms with Crippen LogP contribution in [0.2, 0.25) is 5.02 Å². The summed E-state index contributed by atoms with van der Waals surface area (Å²) in [5, 5.41) is 4.91. The smallest absolute Gasteiger partial charge is 0.0530 e. The van der Waals surface area contributed by atoms with E-state index in [9.17, 15) is 0 Å². The van der Waals surface area contributed by atoms with Gasteiger partial charge in [0.2, 0.25) is 0 Å². The number of rotatable bonds is 4. The van der Waals surface area contributed by atoms with Crippen LogP contribution in [0, 0.1) is 0 Å². The van der Waals surface area contributed by atoms with E-state index in [0.29, 0.717) is 5.02 Å². The minimum absolute atomic E-state index is 0.672. The van der Waals surface area contributed by atoms with Crippen LogP contribution in [-0.2, 0) is 12.3 Å². The molecule has 1 aromatic carbocycles. The number of anilines is 1. The summed E-state index contributed by atoms with van der Waals surface area (Å²) in [6.07, 6.45) is 3.95. The average Bonchev–Trinajstić information content (AvgIpc) is 2.76. The summed E-state index contributed by atoms with van der Waals surface area (Å²) in [7, 11) is 0. The van der Waals surface area contributed by atoms with Crippen LogP contribution in [0.25, 0.3) is 0 Å². The number of halogens is 1. The lowest BCUT2D eigenvalue weighted by molar-refractivity contribution is 0.659. The van der Waals surface area contributed by atoms with Gasteiger partial charge in [-0.25, -0.2) is 0 Å². The van der Waals surface area contributed by atoms with Crippen molar-refractivity contribution in [1.82, 2.24) is 9.78 Å². The van der Waals surface area contributed by atoms with Gasteiger partial charge in [-0.3, -0.25) is 4.68 Å². The Bertz CT molecular complexity index is 510. The number of aromatic nitrogens is 2. The summed E-state index contributed by atoms with van der Waals surface area (Å²) in [6.45, 7) is 2.97. The predicted molar refractivity (Wildman–Crippen MR) is 73.3 cm³/mol. The molecule has 0 unspecified atom stereocenters. The molecule has 2 N–H and O–H groups in total. The van der Waals surface area contributed by atoms with Crippen molar-refractivity contribution in [2.45, 2.75) is 24.1 Å². The monoisotopic (exact) mass is 267 g/mol. The molecular weight excluding hydrogens is 254 g/mol. The molecule has 0 aliphatic carbocycles. The fraction of sp³-hybridized carbons (Fsp3) is 0.250. The highest BCUT2D eigenvalue weighted by molar-refractivity contribution is 7.98. The Kier molecular flexibility index (Phi) is 3.97. The van der Waals surface area contributed by atoms with E-state index < -0.39 is 0 Å². The van der Waals surface area contributed by atoms with Gasteiger partial charge in [-0.2, -0.15) is 5.10 Å². The first kappa shape index (κ1) is 12.3. The molecule has 1 heterocycles. The summed E-state index contributed by atoms with van der Waals surface area (Å²) in [5.74, 6) is 0.867. The van der Waals surface area contributed by atoms with Crippen LogP contribution in [-0.4, -0.2) is 9.78 Å². The molecule has 17 heavy (non-hydrogen) atoms. The first-order valence-electron chi connectivity index (χ1n) is 5.38. The van der Waals surface area contributed by atoms with Crippen molar-refractivity contribution in [2.24, 2.45) is 0 Å². The molecule has 90 valence electrons. The molecule has 2 rings (SSSR count). The van der Waals surface area contributed by atoms with Crippen molar-refractivity contribution in [3.05, 3.63) is 41.2 Å². The van der Waals surface area contributed by atoms with E-state index in [4.69, 9.17) is 17.3 Å². The van der Waals surface area contributed by atoms with Crippen LogP contribution in [0.15, 0.2) is 35.5 Å². The molecule has 0 amide bonds. The largest absolute Gasteiger partial charge is 0.398 e. The van der Waals surface area contributed by atoms with E-state index >= 15 is 0 Å². The molecule has 0 fully saturated rings. The van der Waals surface area contributed by atoms with Gasteiger partial charge in [0.25, 0.3) is 0 Å². The van der Waals surface area contributed by atoms with E-state index in [1.165, 1.54) is 5.56 Å². The number of nitrogens with two attached hydrogens (primary N) is 1. The van der Waals surface area contributed by atoms with Gasteiger partial charge in [-0.1, -0.05) is 11.6 Å². The molecule has 0 saturated carbocycles. The first-order valence-corrected chi connectivity index (χ1v) is 6.74. The fourth-order valence-corrected chi connectivity index (χ4v) is 2.51. The minimum Gasteiger partial charge on any atom is -0.398 e. The van der Waals surface area contributed by atoms with Crippen molar-refractivity contribution in [1.29, 1.82) is 0 Å². The average molecular weight is 268 g/mol. The lowest BCUT2D eigenvalue weighted by Gasteiger charge is -2.04. The molecule has 0 radical (unpaired) electrons. The first-order chi connectivity index (χ1) is 8.19. The molecule has 0 aliphatic rings. The SMILES string of the molecule is CCn1cc(CSc2ccc(Cl)cc2N)cn1. The third kappa shape index (κ3) is 3.17. The summed E-state index contributed by atoms with van der Waals surface area (Å²) < 4.78 is 1.92. The molecule has 0 spiro atoms. The van der Waals surface area contributed by atoms with Crippen LogP contribution in [0.5, 0.6) is 0 Å². The van der Waals surface area contributed by atoms with Gasteiger partial charge in [0, 0.05) is 39.7 Å². The summed E-state index contributed by atoms with van der Waals surface area (Å²) in [4.78, 5) is 1.05. The van der Waals surface area contributed by atoms with Gasteiger partial charge in [0.15, 0.2) is 0 Å². The summed E-state index contributed by atoms with van der Waals surface area (Å²) >= 11 is 7.55. The van der Waals surface area contributed by atoms with Crippen molar-refractivity contribution in [3.63, 3.8) is 0 Å². The van der Waals surface area contributed by atoms with E-state index in [-0.39, 0.29) is 0 Å². The maximum Gasteiger partial charge on any atom is 0.0530 e. The standard InChI is InChI=1S/C12H14ClN3S/c1-2-16-7-9(6-15-16)8-17-12-4-3-10(13)5-11(12)14/h3-7H,2,8,14H2,1H3. The van der Waals surface area contributed by atoms with Crippen molar-refractivity contribution in [2.75, 3.05) is 5.73 Å². The highest BCUT2D eigenvalue weighted by Crippen LogP contribution is 2.29. The lowest BCUT2D eigenvalue weighted by Crippen LogP contribution is -1.92. The quantitative estimate of drug-likeness (QED) is 0.682. The van der Waals surface area contributed by atoms with Crippen LogP contribution >= 0.6 is 23.4 Å². The number of nitrogen functional groups attached to an aromatic ring is 1. The second-order valence-corrected chi connectivity index (χ2v) is 5.13. The zero-order valence-electron chi connectivity index (χ0n) is 9.56. The Morgan fingerprint density at radius 2 is 2.29 bits per heavy atom. The molecule has 0 bridgehead atoms. The van der Waals surface area contributed by atoms with Crippen LogP contribution in [0.3, 0.4) is 0 Å². The highest BCUT2D eigenvalue weighted by atomic mass is 35.5. The van der Waals surface area contributed by atoms with Crippen molar-refractivity contribution >= 4 is 29.1 Å². The van der Waals surface area contributed by atoms with Gasteiger partial charge in [0.1, 0.15) is 0 Å². The maximum atomic E-state index is 5.89. The maximum absolute atomic E-state index is 5.89. The van der Waals surface area contributed by atoms with Crippen LogP contribution in [0.4, 0.5) is 5.69 Å². The number of aryl methyl sites for hydroxylation is 1. The Morgan fingerprint density at radius 3 is 2.94 bits per heavy atom. The normalized spacial score (nSPS) is 10.7. The van der Waals surface area contributed by atoms with Crippen LogP contribution < -0.4 is 5.73 Å².